The summed E-state index contributed by atoms with van der Waals surface area (Å²) in [6.07, 6.45) is 0.662. The second kappa shape index (κ2) is 9.49. The first-order valence-electron chi connectivity index (χ1n) is 9.73. The number of aliphatic hydroxyl groups excluding tert-OH is 2. The number of benzene rings is 1. The number of hydrogen-bond acceptors (Lipinski definition) is 9. The molecule has 13 heteroatoms. The van der Waals surface area contributed by atoms with Crippen LogP contribution in [-0.2, 0) is 13.8 Å². The van der Waals surface area contributed by atoms with E-state index >= 15 is 0 Å². The van der Waals surface area contributed by atoms with Gasteiger partial charge in [0.25, 0.3) is 20.0 Å². The molecule has 4 N–H and O–H groups in total. The molecule has 1 aromatic carbocycles. The fourth-order valence-corrected chi connectivity index (χ4v) is 3.67. The predicted molar refractivity (Wildman–Crippen MR) is 108 cm³/mol. The summed E-state index contributed by atoms with van der Waals surface area (Å²) in [6.45, 7) is -0.684. The molecule has 0 spiro atoms. The van der Waals surface area contributed by atoms with E-state index in [0.717, 1.165) is 5.56 Å². The summed E-state index contributed by atoms with van der Waals surface area (Å²) in [6, 6.07) is 9.96. The minimum absolute atomic E-state index is 0.235. The molecule has 5 atom stereocenters. The van der Waals surface area contributed by atoms with E-state index in [-0.39, 0.29) is 5.56 Å². The maximum atomic E-state index is 12.7. The van der Waals surface area contributed by atoms with Gasteiger partial charge < -0.3 is 39.0 Å². The molecular weight excluding hydrogens is 457 g/mol. The number of nitrogens with zero attached hydrogens (tertiary/aromatic N) is 2. The largest absolute Gasteiger partial charge is 0.756 e. The van der Waals surface area contributed by atoms with E-state index in [1.165, 1.54) is 29.4 Å². The quantitative estimate of drug-likeness (QED) is 0.267. The normalized spacial score (nSPS) is 24.4. The number of amides is 1. The number of aromatic nitrogens is 2. The Bertz CT molecular complexity index is 1150. The number of rotatable bonds is 7. The van der Waals surface area contributed by atoms with Gasteiger partial charge in [0.2, 0.25) is 5.89 Å². The van der Waals surface area contributed by atoms with Crippen LogP contribution < -0.4 is 14.8 Å². The topological polar surface area (TPSA) is 178 Å². The standard InChI is InChI=1S/C20H20N3O9P/c24-16-15(11-31-33(27,28)29)32-20(17(16)25)23-8-1-2-13(10-23)18(26)22-14-5-3-12(4-6-14)19-21-7-9-30-19/h1-10,15-17,20,24-25H,11H2,(H2-,21,22,26,27,28,29)/t15-,16-,17-,20-/m1/s1. The van der Waals surface area contributed by atoms with E-state index in [1.807, 2.05) is 0 Å². The van der Waals surface area contributed by atoms with Gasteiger partial charge in [-0.1, -0.05) is 0 Å². The summed E-state index contributed by atoms with van der Waals surface area (Å²) >= 11 is 0. The summed E-state index contributed by atoms with van der Waals surface area (Å²) in [5.41, 5.74) is 1.51. The molecule has 0 aliphatic carbocycles. The van der Waals surface area contributed by atoms with Crippen molar-refractivity contribution < 1.29 is 47.6 Å². The lowest BCUT2D eigenvalue weighted by molar-refractivity contribution is -0.765. The molecule has 174 valence electrons. The number of nitrogens with one attached hydrogen (secondary N) is 1. The van der Waals surface area contributed by atoms with E-state index in [2.05, 4.69) is 14.8 Å². The van der Waals surface area contributed by atoms with E-state index in [0.29, 0.717) is 11.6 Å². The lowest BCUT2D eigenvalue weighted by Gasteiger charge is -2.19. The van der Waals surface area contributed by atoms with Crippen molar-refractivity contribution in [3.63, 3.8) is 0 Å². The Morgan fingerprint density at radius 3 is 2.67 bits per heavy atom. The summed E-state index contributed by atoms with van der Waals surface area (Å²) < 4.78 is 27.1. The molecule has 3 aromatic rings. The van der Waals surface area contributed by atoms with Crippen LogP contribution in [-0.4, -0.2) is 50.9 Å². The van der Waals surface area contributed by atoms with E-state index in [9.17, 15) is 24.5 Å². The number of carbonyl (C=O) groups excluding carboxylic acids is 1. The first-order valence-corrected chi connectivity index (χ1v) is 11.2. The SMILES string of the molecule is O=C(Nc1ccc(-c2ncco2)cc1)c1ccc[n+]([C@@H]2O[C@H](COP(=O)([O-])O)[C@@H](O)[C@H]2O)c1. The van der Waals surface area contributed by atoms with Gasteiger partial charge in [0.05, 0.1) is 12.8 Å². The minimum Gasteiger partial charge on any atom is -0.756 e. The summed E-state index contributed by atoms with van der Waals surface area (Å²) in [5.74, 6) is 0.0174. The molecule has 33 heavy (non-hydrogen) atoms. The molecule has 1 unspecified atom stereocenters. The van der Waals surface area contributed by atoms with E-state index in [1.54, 1.807) is 36.4 Å². The number of phosphoric ester groups is 1. The van der Waals surface area contributed by atoms with Gasteiger partial charge >= 0.3 is 0 Å². The van der Waals surface area contributed by atoms with Gasteiger partial charge in [-0.05, 0) is 30.3 Å². The molecule has 0 radical (unpaired) electrons. The van der Waals surface area contributed by atoms with Crippen LogP contribution in [0.3, 0.4) is 0 Å². The average molecular weight is 477 g/mol. The van der Waals surface area contributed by atoms with Crippen LogP contribution in [0.4, 0.5) is 5.69 Å². The van der Waals surface area contributed by atoms with Crippen molar-refractivity contribution in [1.29, 1.82) is 0 Å². The third-order valence-electron chi connectivity index (χ3n) is 4.94. The second-order valence-electron chi connectivity index (χ2n) is 7.22. The van der Waals surface area contributed by atoms with Gasteiger partial charge in [0, 0.05) is 17.3 Å². The average Bonchev–Trinajstić information content (AvgIpc) is 3.42. The first kappa shape index (κ1) is 23.2. The number of hydrogen-bond donors (Lipinski definition) is 4. The zero-order valence-electron chi connectivity index (χ0n) is 16.9. The van der Waals surface area contributed by atoms with Gasteiger partial charge in [0.1, 0.15) is 24.0 Å². The minimum atomic E-state index is -5.02. The van der Waals surface area contributed by atoms with E-state index in [4.69, 9.17) is 14.0 Å². The van der Waals surface area contributed by atoms with Crippen LogP contribution in [0.25, 0.3) is 11.5 Å². The third kappa shape index (κ3) is 5.52. The van der Waals surface area contributed by atoms with Gasteiger partial charge in [-0.2, -0.15) is 4.57 Å². The molecule has 3 heterocycles. The van der Waals surface area contributed by atoms with Crippen LogP contribution in [0.2, 0.25) is 0 Å². The molecule has 1 aliphatic rings. The van der Waals surface area contributed by atoms with Crippen molar-refractivity contribution in [3.05, 3.63) is 66.8 Å². The number of oxazole rings is 1. The molecule has 4 rings (SSSR count). The fourth-order valence-electron chi connectivity index (χ4n) is 3.33. The lowest BCUT2D eigenvalue weighted by Crippen LogP contribution is -2.46. The number of anilines is 1. The highest BCUT2D eigenvalue weighted by molar-refractivity contribution is 7.44. The highest BCUT2D eigenvalue weighted by Gasteiger charge is 2.48. The number of phosphoric acid groups is 1. The molecule has 0 saturated carbocycles. The van der Waals surface area contributed by atoms with Crippen molar-refractivity contribution in [2.45, 2.75) is 24.5 Å². The Hall–Kier alpha value is -2.96. The van der Waals surface area contributed by atoms with E-state index < -0.39 is 44.9 Å². The Balaban J connectivity index is 1.44. The highest BCUT2D eigenvalue weighted by Crippen LogP contribution is 2.33. The molecule has 1 fully saturated rings. The predicted octanol–water partition coefficient (Wildman–Crippen LogP) is -0.0221. The Morgan fingerprint density at radius 2 is 2.00 bits per heavy atom. The Labute approximate surface area is 187 Å². The van der Waals surface area contributed by atoms with Crippen molar-refractivity contribution in [3.8, 4) is 11.5 Å². The smallest absolute Gasteiger partial charge is 0.292 e. The lowest BCUT2D eigenvalue weighted by atomic mass is 10.1. The van der Waals surface area contributed by atoms with Crippen molar-refractivity contribution >= 4 is 19.4 Å². The zero-order valence-corrected chi connectivity index (χ0v) is 17.8. The van der Waals surface area contributed by atoms with Gasteiger partial charge in [-0.25, -0.2) is 4.98 Å². The maximum absolute atomic E-state index is 12.7. The van der Waals surface area contributed by atoms with Crippen LogP contribution in [0.15, 0.2) is 65.7 Å². The summed E-state index contributed by atoms with van der Waals surface area (Å²) in [7, 11) is -5.02. The number of aliphatic hydroxyl groups is 2. The zero-order chi connectivity index (χ0) is 23.6. The molecule has 12 nitrogen and oxygen atoms in total. The van der Waals surface area contributed by atoms with Crippen LogP contribution in [0, 0.1) is 0 Å². The molecule has 1 amide bonds. The third-order valence-corrected chi connectivity index (χ3v) is 5.41. The van der Waals surface area contributed by atoms with Gasteiger partial charge in [0.15, 0.2) is 18.5 Å². The maximum Gasteiger partial charge on any atom is 0.292 e. The molecule has 2 aromatic heterocycles. The van der Waals surface area contributed by atoms with Crippen molar-refractivity contribution in [1.82, 2.24) is 4.98 Å². The monoisotopic (exact) mass is 477 g/mol. The van der Waals surface area contributed by atoms with Crippen LogP contribution >= 0.6 is 7.82 Å². The Kier molecular flexibility index (Phi) is 6.68. The fraction of sp³-hybridized carbons (Fsp3) is 0.250. The van der Waals surface area contributed by atoms with Crippen LogP contribution in [0.1, 0.15) is 16.6 Å². The molecule has 0 bridgehead atoms. The molecule has 1 saturated heterocycles. The van der Waals surface area contributed by atoms with Crippen LogP contribution in [0.5, 0.6) is 0 Å². The number of carbonyl (C=O) groups is 1. The van der Waals surface area contributed by atoms with Crippen molar-refractivity contribution in [2.75, 3.05) is 11.9 Å². The number of ether oxygens (including phenoxy) is 1. The highest BCUT2D eigenvalue weighted by atomic mass is 31.2. The molecule has 1 aliphatic heterocycles. The van der Waals surface area contributed by atoms with Gasteiger partial charge in [-0.15, -0.1) is 0 Å². The second-order valence-corrected chi connectivity index (χ2v) is 8.41. The Morgan fingerprint density at radius 1 is 1.24 bits per heavy atom. The molecular formula is C20H20N3O9P. The first-order chi connectivity index (χ1) is 15.7. The van der Waals surface area contributed by atoms with Gasteiger partial charge in [-0.3, -0.25) is 9.36 Å². The summed E-state index contributed by atoms with van der Waals surface area (Å²) in [4.78, 5) is 36.2. The summed E-state index contributed by atoms with van der Waals surface area (Å²) in [5, 5.41) is 23.2. The van der Waals surface area contributed by atoms with Crippen molar-refractivity contribution in [2.24, 2.45) is 0 Å². The number of pyridine rings is 1.